The molecule has 0 N–H and O–H groups in total. The summed E-state index contributed by atoms with van der Waals surface area (Å²) in [6.45, 7) is 5.87. The maximum atomic E-state index is 12.8. The maximum Gasteiger partial charge on any atom is 0.254 e. The molecule has 0 unspecified atom stereocenters. The number of halogens is 1. The Morgan fingerprint density at radius 1 is 1.21 bits per heavy atom. The monoisotopic (exact) mass is 342 g/mol. The molecule has 5 nitrogen and oxygen atoms in total. The lowest BCUT2D eigenvalue weighted by Gasteiger charge is -2.21. The fraction of sp³-hybridized carbons (Fsp3) is 0.278. The number of carbonyl (C=O) groups excluding carboxylic acids is 1. The third kappa shape index (κ3) is 3.26. The van der Waals surface area contributed by atoms with Crippen LogP contribution in [-0.4, -0.2) is 32.3 Å². The molecule has 24 heavy (non-hydrogen) atoms. The molecule has 0 spiro atoms. The molecule has 3 rings (SSSR count). The highest BCUT2D eigenvalue weighted by Gasteiger charge is 2.16. The van der Waals surface area contributed by atoms with Crippen molar-refractivity contribution in [2.45, 2.75) is 26.9 Å². The van der Waals surface area contributed by atoms with Crippen LogP contribution in [0, 0.1) is 0 Å². The summed E-state index contributed by atoms with van der Waals surface area (Å²) in [4.78, 5) is 14.6. The van der Waals surface area contributed by atoms with Crippen LogP contribution in [0.2, 0.25) is 5.02 Å². The number of benzene rings is 2. The molecule has 2 aromatic carbocycles. The first-order chi connectivity index (χ1) is 11.6. The van der Waals surface area contributed by atoms with Crippen LogP contribution < -0.4 is 0 Å². The summed E-state index contributed by atoms with van der Waals surface area (Å²) < 4.78 is 1.81. The van der Waals surface area contributed by atoms with Crippen molar-refractivity contribution in [2.75, 3.05) is 6.54 Å². The van der Waals surface area contributed by atoms with Crippen LogP contribution in [-0.2, 0) is 13.1 Å². The first-order valence-corrected chi connectivity index (χ1v) is 8.37. The van der Waals surface area contributed by atoms with Crippen molar-refractivity contribution in [1.82, 2.24) is 19.9 Å². The van der Waals surface area contributed by atoms with Crippen molar-refractivity contribution in [3.63, 3.8) is 0 Å². The molecule has 0 bridgehead atoms. The molecule has 1 heterocycles. The number of nitrogens with zero attached hydrogens (tertiary/aromatic N) is 4. The first kappa shape index (κ1) is 16.5. The van der Waals surface area contributed by atoms with Gasteiger partial charge in [0.25, 0.3) is 5.91 Å². The normalized spacial score (nSPS) is 11.0. The van der Waals surface area contributed by atoms with Gasteiger partial charge in [-0.15, -0.1) is 5.10 Å². The van der Waals surface area contributed by atoms with Crippen molar-refractivity contribution in [3.05, 3.63) is 58.6 Å². The molecule has 0 radical (unpaired) electrons. The Balaban J connectivity index is 1.85. The zero-order valence-electron chi connectivity index (χ0n) is 13.7. The van der Waals surface area contributed by atoms with Crippen LogP contribution in [0.25, 0.3) is 11.0 Å². The third-order valence-corrected chi connectivity index (χ3v) is 4.23. The number of rotatable bonds is 5. The van der Waals surface area contributed by atoms with Crippen LogP contribution in [0.1, 0.15) is 29.8 Å². The van der Waals surface area contributed by atoms with Gasteiger partial charge in [0.1, 0.15) is 5.52 Å². The SMILES string of the molecule is CCN(Cc1cccc(Cl)c1)C(=O)c1ccc2c(c1)nnn2CC. The van der Waals surface area contributed by atoms with Gasteiger partial charge in [-0.1, -0.05) is 28.9 Å². The van der Waals surface area contributed by atoms with Crippen LogP contribution in [0.4, 0.5) is 0 Å². The lowest BCUT2D eigenvalue weighted by molar-refractivity contribution is 0.0752. The molecule has 0 aliphatic carbocycles. The number of aryl methyl sites for hydroxylation is 1. The predicted molar refractivity (Wildman–Crippen MR) is 95.1 cm³/mol. The van der Waals surface area contributed by atoms with E-state index in [2.05, 4.69) is 10.3 Å². The summed E-state index contributed by atoms with van der Waals surface area (Å²) in [6, 6.07) is 13.1. The van der Waals surface area contributed by atoms with Gasteiger partial charge < -0.3 is 4.90 Å². The number of hydrogen-bond acceptors (Lipinski definition) is 3. The molecule has 0 aliphatic rings. The van der Waals surface area contributed by atoms with Crippen molar-refractivity contribution in [3.8, 4) is 0 Å². The summed E-state index contributed by atoms with van der Waals surface area (Å²) >= 11 is 6.03. The van der Waals surface area contributed by atoms with Crippen molar-refractivity contribution < 1.29 is 4.79 Å². The molecule has 0 saturated heterocycles. The zero-order valence-corrected chi connectivity index (χ0v) is 14.5. The Hall–Kier alpha value is -2.40. The standard InChI is InChI=1S/C18H19ClN4O/c1-3-22(12-13-6-5-7-15(19)10-13)18(24)14-8-9-17-16(11-14)20-21-23(17)4-2/h5-11H,3-4,12H2,1-2H3. The summed E-state index contributed by atoms with van der Waals surface area (Å²) in [6.07, 6.45) is 0. The van der Waals surface area contributed by atoms with E-state index in [1.54, 1.807) is 11.0 Å². The topological polar surface area (TPSA) is 51.0 Å². The quantitative estimate of drug-likeness (QED) is 0.709. The van der Waals surface area contributed by atoms with Gasteiger partial charge in [0, 0.05) is 30.2 Å². The average Bonchev–Trinajstić information content (AvgIpc) is 3.01. The molecule has 1 amide bonds. The van der Waals surface area contributed by atoms with Gasteiger partial charge in [0.05, 0.1) is 5.52 Å². The average molecular weight is 343 g/mol. The van der Waals surface area contributed by atoms with Crippen LogP contribution >= 0.6 is 11.6 Å². The fourth-order valence-corrected chi connectivity index (χ4v) is 2.92. The second-order valence-corrected chi connectivity index (χ2v) is 5.99. The van der Waals surface area contributed by atoms with Crippen molar-refractivity contribution in [1.29, 1.82) is 0 Å². The number of hydrogen-bond donors (Lipinski definition) is 0. The highest BCUT2D eigenvalue weighted by molar-refractivity contribution is 6.30. The lowest BCUT2D eigenvalue weighted by Crippen LogP contribution is -2.30. The first-order valence-electron chi connectivity index (χ1n) is 7.99. The molecule has 6 heteroatoms. The van der Waals surface area contributed by atoms with E-state index in [4.69, 9.17) is 11.6 Å². The Bertz CT molecular complexity index is 874. The van der Waals surface area contributed by atoms with Gasteiger partial charge in [-0.2, -0.15) is 0 Å². The Morgan fingerprint density at radius 2 is 2.04 bits per heavy atom. The number of fused-ring (bicyclic) bond motifs is 1. The highest BCUT2D eigenvalue weighted by Crippen LogP contribution is 2.17. The van der Waals surface area contributed by atoms with Gasteiger partial charge in [-0.05, 0) is 49.7 Å². The Morgan fingerprint density at radius 3 is 2.75 bits per heavy atom. The van der Waals surface area contributed by atoms with Gasteiger partial charge in [-0.3, -0.25) is 4.79 Å². The summed E-state index contributed by atoms with van der Waals surface area (Å²) in [5.74, 6) is -0.0228. The minimum Gasteiger partial charge on any atom is -0.335 e. The zero-order chi connectivity index (χ0) is 17.1. The van der Waals surface area contributed by atoms with E-state index < -0.39 is 0 Å². The molecule has 0 fully saturated rings. The van der Waals surface area contributed by atoms with Crippen molar-refractivity contribution in [2.24, 2.45) is 0 Å². The minimum absolute atomic E-state index is 0.0228. The molecule has 3 aromatic rings. The maximum absolute atomic E-state index is 12.8. The summed E-state index contributed by atoms with van der Waals surface area (Å²) in [7, 11) is 0. The Labute approximate surface area is 145 Å². The summed E-state index contributed by atoms with van der Waals surface area (Å²) in [5, 5.41) is 8.90. The number of amides is 1. The van der Waals surface area contributed by atoms with E-state index in [-0.39, 0.29) is 5.91 Å². The number of carbonyl (C=O) groups is 1. The fourth-order valence-electron chi connectivity index (χ4n) is 2.70. The van der Waals surface area contributed by atoms with E-state index in [0.29, 0.717) is 23.7 Å². The van der Waals surface area contributed by atoms with Crippen molar-refractivity contribution >= 4 is 28.5 Å². The lowest BCUT2D eigenvalue weighted by atomic mass is 10.1. The van der Waals surface area contributed by atoms with Crippen LogP contribution in [0.5, 0.6) is 0 Å². The van der Waals surface area contributed by atoms with E-state index in [1.807, 2.05) is 54.9 Å². The van der Waals surface area contributed by atoms with Gasteiger partial charge in [-0.25, -0.2) is 4.68 Å². The number of aromatic nitrogens is 3. The third-order valence-electron chi connectivity index (χ3n) is 3.99. The predicted octanol–water partition coefficient (Wildman–Crippen LogP) is 3.77. The van der Waals surface area contributed by atoms with Gasteiger partial charge in [0.2, 0.25) is 0 Å². The molecule has 124 valence electrons. The molecule has 0 aliphatic heterocycles. The Kier molecular flexibility index (Phi) is 4.81. The molecule has 0 atom stereocenters. The second-order valence-electron chi connectivity index (χ2n) is 5.56. The largest absolute Gasteiger partial charge is 0.335 e. The molecule has 1 aromatic heterocycles. The van der Waals surface area contributed by atoms with Crippen LogP contribution in [0.3, 0.4) is 0 Å². The molecular weight excluding hydrogens is 324 g/mol. The minimum atomic E-state index is -0.0228. The van der Waals surface area contributed by atoms with Crippen LogP contribution in [0.15, 0.2) is 42.5 Å². The van der Waals surface area contributed by atoms with E-state index in [1.165, 1.54) is 0 Å². The molecular formula is C18H19ClN4O. The van der Waals surface area contributed by atoms with Gasteiger partial charge in [0.15, 0.2) is 0 Å². The van der Waals surface area contributed by atoms with E-state index in [0.717, 1.165) is 23.1 Å². The van der Waals surface area contributed by atoms with Gasteiger partial charge >= 0.3 is 0 Å². The summed E-state index contributed by atoms with van der Waals surface area (Å²) in [5.41, 5.74) is 3.30. The molecule has 0 saturated carbocycles. The smallest absolute Gasteiger partial charge is 0.254 e. The van der Waals surface area contributed by atoms with E-state index >= 15 is 0 Å². The second kappa shape index (κ2) is 7.01. The highest BCUT2D eigenvalue weighted by atomic mass is 35.5. The van der Waals surface area contributed by atoms with E-state index in [9.17, 15) is 4.79 Å².